The van der Waals surface area contributed by atoms with Crippen LogP contribution < -0.4 is 5.32 Å². The highest BCUT2D eigenvalue weighted by molar-refractivity contribution is 5.79. The van der Waals surface area contributed by atoms with E-state index in [-0.39, 0.29) is 5.92 Å². The van der Waals surface area contributed by atoms with Gasteiger partial charge in [0, 0.05) is 25.0 Å². The topological polar surface area (TPSA) is 32.3 Å². The van der Waals surface area contributed by atoms with Gasteiger partial charge in [-0.05, 0) is 36.6 Å². The van der Waals surface area contributed by atoms with Crippen LogP contribution in [0.2, 0.25) is 0 Å². The third-order valence-corrected chi connectivity index (χ3v) is 4.82. The Balaban J connectivity index is 2.05. The zero-order valence-corrected chi connectivity index (χ0v) is 13.3. The Kier molecular flexibility index (Phi) is 3.97. The Morgan fingerprint density at radius 3 is 2.68 bits per heavy atom. The Bertz CT molecular complexity index is 353. The minimum Gasteiger partial charge on any atom is -0.339 e. The molecule has 3 unspecified atom stereocenters. The summed E-state index contributed by atoms with van der Waals surface area (Å²) >= 11 is 0. The summed E-state index contributed by atoms with van der Waals surface area (Å²) in [5.41, 5.74) is 0.734. The van der Waals surface area contributed by atoms with E-state index >= 15 is 0 Å². The molecule has 110 valence electrons. The lowest BCUT2D eigenvalue weighted by Crippen LogP contribution is -2.42. The number of fused-ring (bicyclic) bond motifs is 2. The van der Waals surface area contributed by atoms with E-state index in [1.807, 2.05) is 0 Å². The largest absolute Gasteiger partial charge is 0.339 e. The highest BCUT2D eigenvalue weighted by Gasteiger charge is 2.51. The van der Waals surface area contributed by atoms with Crippen molar-refractivity contribution >= 4 is 5.91 Å². The van der Waals surface area contributed by atoms with Gasteiger partial charge in [0.1, 0.15) is 0 Å². The SMILES string of the molecule is CCNCC(C)C(=O)N1CC2(C)CC1CC(C)(C)C2. The van der Waals surface area contributed by atoms with E-state index in [9.17, 15) is 4.79 Å². The number of carbonyl (C=O) groups excluding carboxylic acids is 1. The van der Waals surface area contributed by atoms with Crippen LogP contribution >= 0.6 is 0 Å². The van der Waals surface area contributed by atoms with E-state index in [0.29, 0.717) is 22.8 Å². The fraction of sp³-hybridized carbons (Fsp3) is 0.938. The molecule has 0 aromatic carbocycles. The fourth-order valence-electron chi connectivity index (χ4n) is 4.45. The van der Waals surface area contributed by atoms with E-state index < -0.39 is 0 Å². The third-order valence-electron chi connectivity index (χ3n) is 4.82. The van der Waals surface area contributed by atoms with E-state index in [1.165, 1.54) is 19.3 Å². The van der Waals surface area contributed by atoms with Gasteiger partial charge in [0.05, 0.1) is 0 Å². The summed E-state index contributed by atoms with van der Waals surface area (Å²) < 4.78 is 0. The van der Waals surface area contributed by atoms with Gasteiger partial charge < -0.3 is 10.2 Å². The monoisotopic (exact) mass is 266 g/mol. The van der Waals surface area contributed by atoms with Crippen LogP contribution in [0.1, 0.15) is 53.9 Å². The first-order valence-electron chi connectivity index (χ1n) is 7.77. The molecule has 0 aromatic rings. The van der Waals surface area contributed by atoms with Crippen molar-refractivity contribution in [1.29, 1.82) is 0 Å². The summed E-state index contributed by atoms with van der Waals surface area (Å²) in [6, 6.07) is 0.477. The molecule has 1 aliphatic carbocycles. The number of hydrogen-bond acceptors (Lipinski definition) is 2. The Hall–Kier alpha value is -0.570. The van der Waals surface area contributed by atoms with Crippen LogP contribution in [0, 0.1) is 16.7 Å². The number of carbonyl (C=O) groups is 1. The first-order valence-corrected chi connectivity index (χ1v) is 7.77. The third kappa shape index (κ3) is 3.13. The summed E-state index contributed by atoms with van der Waals surface area (Å²) in [6.45, 7) is 13.9. The van der Waals surface area contributed by atoms with E-state index in [0.717, 1.165) is 19.6 Å². The molecule has 1 saturated heterocycles. The van der Waals surface area contributed by atoms with Crippen LogP contribution in [-0.4, -0.2) is 36.5 Å². The second-order valence-corrected chi connectivity index (χ2v) is 7.89. The van der Waals surface area contributed by atoms with Gasteiger partial charge in [0.15, 0.2) is 0 Å². The van der Waals surface area contributed by atoms with Crippen LogP contribution in [0.4, 0.5) is 0 Å². The lowest BCUT2D eigenvalue weighted by molar-refractivity contribution is -0.136. The predicted molar refractivity (Wildman–Crippen MR) is 78.9 cm³/mol. The minimum atomic E-state index is 0.103. The molecular weight excluding hydrogens is 236 g/mol. The van der Waals surface area contributed by atoms with Crippen LogP contribution in [0.25, 0.3) is 0 Å². The van der Waals surface area contributed by atoms with Gasteiger partial charge >= 0.3 is 0 Å². The molecule has 2 rings (SSSR count). The van der Waals surface area contributed by atoms with Crippen LogP contribution in [0.15, 0.2) is 0 Å². The maximum atomic E-state index is 12.6. The van der Waals surface area contributed by atoms with Gasteiger partial charge in [-0.2, -0.15) is 0 Å². The molecule has 3 heteroatoms. The van der Waals surface area contributed by atoms with Gasteiger partial charge in [-0.25, -0.2) is 0 Å². The lowest BCUT2D eigenvalue weighted by atomic mass is 9.65. The number of amides is 1. The highest BCUT2D eigenvalue weighted by Crippen LogP contribution is 2.52. The molecule has 19 heavy (non-hydrogen) atoms. The Labute approximate surface area is 118 Å². The molecule has 2 bridgehead atoms. The van der Waals surface area contributed by atoms with E-state index in [2.05, 4.69) is 44.8 Å². The molecule has 1 saturated carbocycles. The normalized spacial score (nSPS) is 34.4. The van der Waals surface area contributed by atoms with E-state index in [4.69, 9.17) is 0 Å². The summed E-state index contributed by atoms with van der Waals surface area (Å²) in [7, 11) is 0. The molecule has 0 spiro atoms. The maximum absolute atomic E-state index is 12.6. The summed E-state index contributed by atoms with van der Waals surface area (Å²) in [6.07, 6.45) is 3.63. The maximum Gasteiger partial charge on any atom is 0.226 e. The number of hydrogen-bond donors (Lipinski definition) is 1. The highest BCUT2D eigenvalue weighted by atomic mass is 16.2. The van der Waals surface area contributed by atoms with Crippen LogP contribution in [0.3, 0.4) is 0 Å². The number of rotatable bonds is 4. The fourth-order valence-corrected chi connectivity index (χ4v) is 4.45. The van der Waals surface area contributed by atoms with Gasteiger partial charge in [-0.15, -0.1) is 0 Å². The second-order valence-electron chi connectivity index (χ2n) is 7.89. The number of nitrogens with zero attached hydrogens (tertiary/aromatic N) is 1. The summed E-state index contributed by atoms with van der Waals surface area (Å²) in [5, 5.41) is 3.29. The van der Waals surface area contributed by atoms with Crippen molar-refractivity contribution in [3.8, 4) is 0 Å². The van der Waals surface area contributed by atoms with Crippen LogP contribution in [0.5, 0.6) is 0 Å². The molecular formula is C16H30N2O. The molecule has 1 N–H and O–H groups in total. The smallest absolute Gasteiger partial charge is 0.226 e. The average molecular weight is 266 g/mol. The molecule has 2 aliphatic rings. The lowest BCUT2D eigenvalue weighted by Gasteiger charge is -2.39. The predicted octanol–water partition coefficient (Wildman–Crippen LogP) is 2.66. The molecule has 0 aromatic heterocycles. The van der Waals surface area contributed by atoms with Crippen LogP contribution in [-0.2, 0) is 4.79 Å². The molecule has 3 nitrogen and oxygen atoms in total. The zero-order chi connectivity index (χ0) is 14.3. The molecule has 0 radical (unpaired) electrons. The molecule has 1 amide bonds. The first-order chi connectivity index (χ1) is 8.76. The van der Waals surface area contributed by atoms with Crippen molar-refractivity contribution < 1.29 is 4.79 Å². The number of nitrogens with one attached hydrogen (secondary N) is 1. The van der Waals surface area contributed by atoms with Gasteiger partial charge in [-0.1, -0.05) is 34.6 Å². The Morgan fingerprint density at radius 1 is 1.37 bits per heavy atom. The zero-order valence-electron chi connectivity index (χ0n) is 13.3. The van der Waals surface area contributed by atoms with E-state index in [1.54, 1.807) is 0 Å². The Morgan fingerprint density at radius 2 is 2.05 bits per heavy atom. The standard InChI is InChI=1S/C16H30N2O/c1-6-17-9-12(2)14(19)18-11-16(5)8-13(18)7-15(3,4)10-16/h12-13,17H,6-11H2,1-5H3. The molecule has 2 fully saturated rings. The van der Waals surface area contributed by atoms with Gasteiger partial charge in [-0.3, -0.25) is 4.79 Å². The average Bonchev–Trinajstić information content (AvgIpc) is 2.54. The van der Waals surface area contributed by atoms with Crippen molar-refractivity contribution in [2.75, 3.05) is 19.6 Å². The van der Waals surface area contributed by atoms with Crippen molar-refractivity contribution in [2.45, 2.75) is 59.9 Å². The first kappa shape index (κ1) is 14.8. The number of likely N-dealkylation sites (tertiary alicyclic amines) is 1. The van der Waals surface area contributed by atoms with Crippen molar-refractivity contribution in [3.63, 3.8) is 0 Å². The summed E-state index contributed by atoms with van der Waals surface area (Å²) in [5.74, 6) is 0.457. The second kappa shape index (κ2) is 5.08. The minimum absolute atomic E-state index is 0.103. The molecule has 1 heterocycles. The molecule has 1 aliphatic heterocycles. The van der Waals surface area contributed by atoms with Gasteiger partial charge in [0.25, 0.3) is 0 Å². The molecule has 3 atom stereocenters. The quantitative estimate of drug-likeness (QED) is 0.848. The summed E-state index contributed by atoms with van der Waals surface area (Å²) in [4.78, 5) is 14.8. The van der Waals surface area contributed by atoms with Crippen molar-refractivity contribution in [2.24, 2.45) is 16.7 Å². The van der Waals surface area contributed by atoms with Crippen molar-refractivity contribution in [1.82, 2.24) is 10.2 Å². The van der Waals surface area contributed by atoms with Gasteiger partial charge in [0.2, 0.25) is 5.91 Å². The van der Waals surface area contributed by atoms with Crippen molar-refractivity contribution in [3.05, 3.63) is 0 Å².